The number of hydrogen-bond donors (Lipinski definition) is 1. The monoisotopic (exact) mass is 270 g/mol. The molecule has 0 aliphatic carbocycles. The first-order valence-electron chi connectivity index (χ1n) is 6.85. The number of ether oxygens (including phenoxy) is 1. The van der Waals surface area contributed by atoms with Gasteiger partial charge in [-0.15, -0.1) is 0 Å². The van der Waals surface area contributed by atoms with Gasteiger partial charge in [-0.25, -0.2) is 0 Å². The fraction of sp³-hybridized carbons (Fsp3) is 0.353. The van der Waals surface area contributed by atoms with Crippen LogP contribution in [0.15, 0.2) is 42.6 Å². The quantitative estimate of drug-likeness (QED) is 0.911. The molecular formula is C17H22N2O. The SMILES string of the molecule is CNc1ccnc(COc2cccc(C(C)(C)C)c2)c1. The molecule has 2 aromatic rings. The van der Waals surface area contributed by atoms with Gasteiger partial charge >= 0.3 is 0 Å². The molecule has 0 saturated carbocycles. The molecule has 1 N–H and O–H groups in total. The van der Waals surface area contributed by atoms with Crippen molar-refractivity contribution in [3.63, 3.8) is 0 Å². The van der Waals surface area contributed by atoms with Crippen molar-refractivity contribution in [1.29, 1.82) is 0 Å². The molecule has 0 fully saturated rings. The predicted molar refractivity (Wildman–Crippen MR) is 83.3 cm³/mol. The molecule has 0 atom stereocenters. The lowest BCUT2D eigenvalue weighted by Gasteiger charge is -2.19. The second-order valence-corrected chi connectivity index (χ2v) is 5.85. The Labute approximate surface area is 121 Å². The number of hydrogen-bond acceptors (Lipinski definition) is 3. The molecular weight excluding hydrogens is 248 g/mol. The molecule has 0 unspecified atom stereocenters. The van der Waals surface area contributed by atoms with Gasteiger partial charge in [0.1, 0.15) is 12.4 Å². The maximum atomic E-state index is 5.84. The van der Waals surface area contributed by atoms with Gasteiger partial charge in [0.2, 0.25) is 0 Å². The van der Waals surface area contributed by atoms with Crippen LogP contribution in [0.2, 0.25) is 0 Å². The van der Waals surface area contributed by atoms with Gasteiger partial charge in [-0.3, -0.25) is 4.98 Å². The van der Waals surface area contributed by atoms with Gasteiger partial charge < -0.3 is 10.1 Å². The van der Waals surface area contributed by atoms with Gasteiger partial charge in [-0.1, -0.05) is 32.9 Å². The largest absolute Gasteiger partial charge is 0.487 e. The number of anilines is 1. The van der Waals surface area contributed by atoms with Crippen LogP contribution in [0.4, 0.5) is 5.69 Å². The summed E-state index contributed by atoms with van der Waals surface area (Å²) >= 11 is 0. The van der Waals surface area contributed by atoms with Gasteiger partial charge in [-0.2, -0.15) is 0 Å². The molecule has 1 heterocycles. The topological polar surface area (TPSA) is 34.2 Å². The van der Waals surface area contributed by atoms with Crippen molar-refractivity contribution in [3.05, 3.63) is 53.9 Å². The van der Waals surface area contributed by atoms with E-state index in [0.717, 1.165) is 17.1 Å². The van der Waals surface area contributed by atoms with Crippen LogP contribution in [-0.2, 0) is 12.0 Å². The summed E-state index contributed by atoms with van der Waals surface area (Å²) in [4.78, 5) is 4.31. The van der Waals surface area contributed by atoms with Gasteiger partial charge in [-0.05, 0) is 35.2 Å². The smallest absolute Gasteiger partial charge is 0.130 e. The summed E-state index contributed by atoms with van der Waals surface area (Å²) in [5.41, 5.74) is 3.36. The van der Waals surface area contributed by atoms with E-state index >= 15 is 0 Å². The summed E-state index contributed by atoms with van der Waals surface area (Å²) in [5, 5.41) is 3.10. The maximum Gasteiger partial charge on any atom is 0.130 e. The van der Waals surface area contributed by atoms with Crippen LogP contribution < -0.4 is 10.1 Å². The summed E-state index contributed by atoms with van der Waals surface area (Å²) < 4.78 is 5.84. The van der Waals surface area contributed by atoms with Crippen LogP contribution in [0.25, 0.3) is 0 Å². The number of pyridine rings is 1. The highest BCUT2D eigenvalue weighted by Crippen LogP contribution is 2.26. The second-order valence-electron chi connectivity index (χ2n) is 5.85. The third-order valence-corrected chi connectivity index (χ3v) is 3.19. The van der Waals surface area contributed by atoms with Crippen LogP contribution in [0.3, 0.4) is 0 Å². The first-order valence-corrected chi connectivity index (χ1v) is 6.85. The molecule has 0 aliphatic rings. The number of rotatable bonds is 4. The zero-order valence-corrected chi connectivity index (χ0v) is 12.6. The number of benzene rings is 1. The molecule has 1 aromatic carbocycles. The summed E-state index contributed by atoms with van der Waals surface area (Å²) in [7, 11) is 1.90. The van der Waals surface area contributed by atoms with E-state index in [2.05, 4.69) is 43.2 Å². The van der Waals surface area contributed by atoms with Crippen molar-refractivity contribution in [2.45, 2.75) is 32.8 Å². The van der Waals surface area contributed by atoms with Crippen LogP contribution >= 0.6 is 0 Å². The lowest BCUT2D eigenvalue weighted by atomic mass is 9.87. The predicted octanol–water partition coefficient (Wildman–Crippen LogP) is 4.00. The van der Waals surface area contributed by atoms with Gasteiger partial charge in [0, 0.05) is 18.9 Å². The minimum atomic E-state index is 0.129. The molecule has 0 saturated heterocycles. The number of aromatic nitrogens is 1. The molecule has 106 valence electrons. The molecule has 20 heavy (non-hydrogen) atoms. The van der Waals surface area contributed by atoms with E-state index in [1.54, 1.807) is 6.20 Å². The van der Waals surface area contributed by atoms with Crippen LogP contribution in [0, 0.1) is 0 Å². The summed E-state index contributed by atoms with van der Waals surface area (Å²) in [6.45, 7) is 7.07. The van der Waals surface area contributed by atoms with Crippen LogP contribution in [-0.4, -0.2) is 12.0 Å². The Hall–Kier alpha value is -2.03. The van der Waals surface area contributed by atoms with Crippen molar-refractivity contribution < 1.29 is 4.74 Å². The average molecular weight is 270 g/mol. The summed E-state index contributed by atoms with van der Waals surface area (Å²) in [6, 6.07) is 12.2. The Bertz CT molecular complexity index is 573. The van der Waals surface area contributed by atoms with Crippen molar-refractivity contribution in [1.82, 2.24) is 4.98 Å². The van der Waals surface area contributed by atoms with Crippen molar-refractivity contribution >= 4 is 5.69 Å². The molecule has 1 aromatic heterocycles. The Kier molecular flexibility index (Phi) is 4.28. The Balaban J connectivity index is 2.07. The average Bonchev–Trinajstić information content (AvgIpc) is 2.45. The molecule has 3 nitrogen and oxygen atoms in total. The highest BCUT2D eigenvalue weighted by molar-refractivity contribution is 5.42. The summed E-state index contributed by atoms with van der Waals surface area (Å²) in [6.07, 6.45) is 1.79. The number of nitrogens with zero attached hydrogens (tertiary/aromatic N) is 1. The van der Waals surface area contributed by atoms with E-state index in [0.29, 0.717) is 6.61 Å². The van der Waals surface area contributed by atoms with Crippen molar-refractivity contribution in [2.24, 2.45) is 0 Å². The molecule has 0 spiro atoms. The summed E-state index contributed by atoms with van der Waals surface area (Å²) in [5.74, 6) is 0.883. The van der Waals surface area contributed by atoms with Gasteiger partial charge in [0.25, 0.3) is 0 Å². The van der Waals surface area contributed by atoms with Crippen molar-refractivity contribution in [3.8, 4) is 5.75 Å². The third-order valence-electron chi connectivity index (χ3n) is 3.19. The zero-order valence-electron chi connectivity index (χ0n) is 12.6. The van der Waals surface area contributed by atoms with Crippen LogP contribution in [0.1, 0.15) is 32.0 Å². The Morgan fingerprint density at radius 2 is 1.95 bits per heavy atom. The molecule has 0 bridgehead atoms. The Morgan fingerprint density at radius 3 is 2.65 bits per heavy atom. The third kappa shape index (κ3) is 3.73. The highest BCUT2D eigenvalue weighted by Gasteiger charge is 2.13. The van der Waals surface area contributed by atoms with E-state index in [4.69, 9.17) is 4.74 Å². The van der Waals surface area contributed by atoms with Gasteiger partial charge in [0.05, 0.1) is 5.69 Å². The minimum Gasteiger partial charge on any atom is -0.487 e. The molecule has 0 radical (unpaired) electrons. The molecule has 3 heteroatoms. The van der Waals surface area contributed by atoms with E-state index in [1.807, 2.05) is 31.3 Å². The standard InChI is InChI=1S/C17H22N2O/c1-17(2,3)13-6-5-7-16(10-13)20-12-15-11-14(18-4)8-9-19-15/h5-11H,12H2,1-4H3,(H,18,19). The molecule has 0 amide bonds. The maximum absolute atomic E-state index is 5.84. The van der Waals surface area contributed by atoms with E-state index in [-0.39, 0.29) is 5.41 Å². The Morgan fingerprint density at radius 1 is 1.15 bits per heavy atom. The normalized spacial score (nSPS) is 11.2. The van der Waals surface area contributed by atoms with E-state index in [1.165, 1.54) is 5.56 Å². The first-order chi connectivity index (χ1) is 9.49. The lowest BCUT2D eigenvalue weighted by molar-refractivity contribution is 0.300. The first kappa shape index (κ1) is 14.4. The van der Waals surface area contributed by atoms with Crippen LogP contribution in [0.5, 0.6) is 5.75 Å². The van der Waals surface area contributed by atoms with Crippen molar-refractivity contribution in [2.75, 3.05) is 12.4 Å². The zero-order chi connectivity index (χ0) is 14.6. The van der Waals surface area contributed by atoms with Gasteiger partial charge in [0.15, 0.2) is 0 Å². The molecule has 0 aliphatic heterocycles. The second kappa shape index (κ2) is 5.95. The fourth-order valence-corrected chi connectivity index (χ4v) is 1.92. The molecule has 2 rings (SSSR count). The minimum absolute atomic E-state index is 0.129. The van der Waals surface area contributed by atoms with E-state index < -0.39 is 0 Å². The lowest BCUT2D eigenvalue weighted by Crippen LogP contribution is -2.11. The fourth-order valence-electron chi connectivity index (χ4n) is 1.92. The highest BCUT2D eigenvalue weighted by atomic mass is 16.5. The number of nitrogens with one attached hydrogen (secondary N) is 1. The van der Waals surface area contributed by atoms with E-state index in [9.17, 15) is 0 Å².